The maximum absolute atomic E-state index is 12.2. The third-order valence-electron chi connectivity index (χ3n) is 4.68. The molecule has 1 fully saturated rings. The Kier molecular flexibility index (Phi) is 9.89. The minimum absolute atomic E-state index is 0. The summed E-state index contributed by atoms with van der Waals surface area (Å²) in [7, 11) is 0. The lowest BCUT2D eigenvalue weighted by molar-refractivity contribution is -0.133. The van der Waals surface area contributed by atoms with Crippen molar-refractivity contribution in [2.24, 2.45) is 5.73 Å². The second-order valence-corrected chi connectivity index (χ2v) is 7.05. The normalized spacial score (nSPS) is 15.5. The zero-order chi connectivity index (χ0) is 18.5. The Morgan fingerprint density at radius 3 is 2.43 bits per heavy atom. The van der Waals surface area contributed by atoms with Crippen LogP contribution in [0.5, 0.6) is 0 Å². The molecule has 3 rings (SSSR count). The van der Waals surface area contributed by atoms with E-state index >= 15 is 0 Å². The molecule has 0 saturated carbocycles. The Labute approximate surface area is 178 Å². The van der Waals surface area contributed by atoms with Crippen LogP contribution in [0.15, 0.2) is 28.8 Å². The maximum atomic E-state index is 12.2. The number of carbonyl (C=O) groups is 1. The van der Waals surface area contributed by atoms with E-state index in [2.05, 4.69) is 15.0 Å². The molecule has 2 aromatic rings. The van der Waals surface area contributed by atoms with Gasteiger partial charge in [-0.1, -0.05) is 35.0 Å². The number of amides is 1. The fourth-order valence-corrected chi connectivity index (χ4v) is 2.99. The number of nitrogens with zero attached hydrogens (tertiary/aromatic N) is 4. The van der Waals surface area contributed by atoms with Crippen LogP contribution in [-0.2, 0) is 11.3 Å². The third kappa shape index (κ3) is 6.74. The highest BCUT2D eigenvalue weighted by atomic mass is 35.5. The first kappa shape index (κ1) is 24.4. The van der Waals surface area contributed by atoms with Crippen molar-refractivity contribution in [3.63, 3.8) is 0 Å². The van der Waals surface area contributed by atoms with E-state index in [4.69, 9.17) is 10.3 Å². The van der Waals surface area contributed by atoms with Gasteiger partial charge < -0.3 is 15.2 Å². The zero-order valence-corrected chi connectivity index (χ0v) is 18.0. The summed E-state index contributed by atoms with van der Waals surface area (Å²) in [4.78, 5) is 20.8. The Bertz CT molecular complexity index is 728. The number of hydrogen-bond acceptors (Lipinski definition) is 6. The van der Waals surface area contributed by atoms with Crippen molar-refractivity contribution in [1.82, 2.24) is 19.9 Å². The molecule has 1 saturated heterocycles. The number of aryl methyl sites for hydroxylation is 1. The van der Waals surface area contributed by atoms with Crippen LogP contribution in [0.4, 0.5) is 0 Å². The van der Waals surface area contributed by atoms with Crippen molar-refractivity contribution >= 4 is 30.7 Å². The number of piperazine rings is 1. The lowest BCUT2D eigenvalue weighted by atomic mass is 10.1. The zero-order valence-electron chi connectivity index (χ0n) is 16.3. The highest BCUT2D eigenvalue weighted by Gasteiger charge is 2.22. The van der Waals surface area contributed by atoms with Gasteiger partial charge in [0.1, 0.15) is 0 Å². The van der Waals surface area contributed by atoms with Crippen LogP contribution in [0, 0.1) is 6.92 Å². The van der Waals surface area contributed by atoms with Gasteiger partial charge in [-0.25, -0.2) is 0 Å². The average molecular weight is 430 g/mol. The summed E-state index contributed by atoms with van der Waals surface area (Å²) >= 11 is 0. The molecule has 1 aromatic heterocycles. The Balaban J connectivity index is 0.00000196. The summed E-state index contributed by atoms with van der Waals surface area (Å²) in [5.41, 5.74) is 7.88. The van der Waals surface area contributed by atoms with Gasteiger partial charge in [0.2, 0.25) is 17.6 Å². The first-order chi connectivity index (χ1) is 12.5. The molecule has 1 aromatic carbocycles. The van der Waals surface area contributed by atoms with E-state index in [0.29, 0.717) is 24.7 Å². The van der Waals surface area contributed by atoms with Gasteiger partial charge in [0.25, 0.3) is 0 Å². The van der Waals surface area contributed by atoms with Crippen LogP contribution >= 0.6 is 24.8 Å². The Morgan fingerprint density at radius 1 is 1.18 bits per heavy atom. The predicted octanol–water partition coefficient (Wildman–Crippen LogP) is 2.66. The van der Waals surface area contributed by atoms with E-state index in [-0.39, 0.29) is 36.8 Å². The number of hydrogen-bond donors (Lipinski definition) is 1. The van der Waals surface area contributed by atoms with Gasteiger partial charge in [0.05, 0.1) is 6.54 Å². The van der Waals surface area contributed by atoms with Gasteiger partial charge in [0.15, 0.2) is 0 Å². The summed E-state index contributed by atoms with van der Waals surface area (Å²) in [6.45, 7) is 7.68. The standard InChI is InChI=1S/C19H27N5O2.2ClH/c1-14-3-6-16(7-4-14)19-21-17(26-22-19)13-23-9-11-24(12-10-23)18(25)8-5-15(2)20;;/h3-4,6-7,15H,5,8-13,20H2,1-2H3;2*1H. The van der Waals surface area contributed by atoms with E-state index < -0.39 is 0 Å². The molecule has 1 atom stereocenters. The Morgan fingerprint density at radius 2 is 1.82 bits per heavy atom. The van der Waals surface area contributed by atoms with Crippen LogP contribution in [0.1, 0.15) is 31.2 Å². The summed E-state index contributed by atoms with van der Waals surface area (Å²) in [5.74, 6) is 1.42. The second-order valence-electron chi connectivity index (χ2n) is 7.05. The lowest BCUT2D eigenvalue weighted by Crippen LogP contribution is -2.48. The van der Waals surface area contributed by atoms with Crippen molar-refractivity contribution in [3.8, 4) is 11.4 Å². The van der Waals surface area contributed by atoms with Crippen molar-refractivity contribution in [2.75, 3.05) is 26.2 Å². The highest BCUT2D eigenvalue weighted by molar-refractivity contribution is 5.85. The predicted molar refractivity (Wildman–Crippen MR) is 114 cm³/mol. The number of carbonyl (C=O) groups excluding carboxylic acids is 1. The molecule has 1 unspecified atom stereocenters. The van der Waals surface area contributed by atoms with Crippen molar-refractivity contribution < 1.29 is 9.32 Å². The summed E-state index contributed by atoms with van der Waals surface area (Å²) in [5, 5.41) is 4.08. The first-order valence-corrected chi connectivity index (χ1v) is 9.16. The minimum atomic E-state index is 0. The fraction of sp³-hybridized carbons (Fsp3) is 0.526. The molecule has 0 bridgehead atoms. The smallest absolute Gasteiger partial charge is 0.241 e. The van der Waals surface area contributed by atoms with E-state index in [1.54, 1.807) is 0 Å². The van der Waals surface area contributed by atoms with Gasteiger partial charge in [-0.15, -0.1) is 24.8 Å². The van der Waals surface area contributed by atoms with Crippen LogP contribution in [-0.4, -0.2) is 58.1 Å². The third-order valence-corrected chi connectivity index (χ3v) is 4.68. The number of benzene rings is 1. The molecule has 0 aliphatic carbocycles. The monoisotopic (exact) mass is 429 g/mol. The van der Waals surface area contributed by atoms with Crippen LogP contribution < -0.4 is 5.73 Å². The summed E-state index contributed by atoms with van der Waals surface area (Å²) in [6.07, 6.45) is 1.27. The number of halogens is 2. The molecule has 0 radical (unpaired) electrons. The largest absolute Gasteiger partial charge is 0.340 e. The maximum Gasteiger partial charge on any atom is 0.241 e. The van der Waals surface area contributed by atoms with E-state index in [1.807, 2.05) is 43.0 Å². The molecule has 7 nitrogen and oxygen atoms in total. The minimum Gasteiger partial charge on any atom is -0.340 e. The van der Waals surface area contributed by atoms with E-state index in [0.717, 1.165) is 38.2 Å². The fourth-order valence-electron chi connectivity index (χ4n) is 2.99. The summed E-state index contributed by atoms with van der Waals surface area (Å²) in [6, 6.07) is 8.13. The molecule has 1 aliphatic heterocycles. The molecule has 2 heterocycles. The molecular weight excluding hydrogens is 401 g/mol. The number of aromatic nitrogens is 2. The quantitative estimate of drug-likeness (QED) is 0.758. The van der Waals surface area contributed by atoms with Crippen LogP contribution in [0.2, 0.25) is 0 Å². The molecule has 1 aliphatic rings. The molecule has 9 heteroatoms. The van der Waals surface area contributed by atoms with Gasteiger partial charge in [0, 0.05) is 44.2 Å². The average Bonchev–Trinajstić information content (AvgIpc) is 3.09. The van der Waals surface area contributed by atoms with Gasteiger partial charge in [-0.2, -0.15) is 4.98 Å². The molecule has 28 heavy (non-hydrogen) atoms. The van der Waals surface area contributed by atoms with Crippen molar-refractivity contribution in [1.29, 1.82) is 0 Å². The van der Waals surface area contributed by atoms with E-state index in [1.165, 1.54) is 5.56 Å². The number of rotatable bonds is 6. The molecule has 2 N–H and O–H groups in total. The first-order valence-electron chi connectivity index (χ1n) is 9.16. The van der Waals surface area contributed by atoms with Crippen LogP contribution in [0.3, 0.4) is 0 Å². The SMILES string of the molecule is Cc1ccc(-c2noc(CN3CCN(C(=O)CCC(C)N)CC3)n2)cc1.Cl.Cl. The van der Waals surface area contributed by atoms with Gasteiger partial charge in [-0.3, -0.25) is 9.69 Å². The van der Waals surface area contributed by atoms with Gasteiger partial charge in [-0.05, 0) is 20.3 Å². The second kappa shape index (κ2) is 11.4. The van der Waals surface area contributed by atoms with Crippen molar-refractivity contribution in [3.05, 3.63) is 35.7 Å². The molecule has 1 amide bonds. The molecular formula is C19H29Cl2N5O2. The number of nitrogens with two attached hydrogens (primary N) is 1. The molecule has 156 valence electrons. The van der Waals surface area contributed by atoms with Crippen molar-refractivity contribution in [2.45, 2.75) is 39.3 Å². The van der Waals surface area contributed by atoms with Gasteiger partial charge >= 0.3 is 0 Å². The van der Waals surface area contributed by atoms with Crippen LogP contribution in [0.25, 0.3) is 11.4 Å². The lowest BCUT2D eigenvalue weighted by Gasteiger charge is -2.34. The highest BCUT2D eigenvalue weighted by Crippen LogP contribution is 2.17. The topological polar surface area (TPSA) is 88.5 Å². The Hall–Kier alpha value is -1.67. The van der Waals surface area contributed by atoms with E-state index in [9.17, 15) is 4.79 Å². The summed E-state index contributed by atoms with van der Waals surface area (Å²) < 4.78 is 5.39. The molecule has 0 spiro atoms.